The third-order valence-electron chi connectivity index (χ3n) is 2.51. The number of carboxylic acids is 1. The first kappa shape index (κ1) is 14.4. The van der Waals surface area contributed by atoms with E-state index in [1.165, 1.54) is 18.3 Å². The minimum atomic E-state index is -1.07. The molecule has 9 nitrogen and oxygen atoms in total. The summed E-state index contributed by atoms with van der Waals surface area (Å²) in [5.74, 6) is -2.01. The van der Waals surface area contributed by atoms with Crippen LogP contribution < -0.4 is 5.32 Å². The summed E-state index contributed by atoms with van der Waals surface area (Å²) >= 11 is 0. The van der Waals surface area contributed by atoms with Crippen molar-refractivity contribution in [3.8, 4) is 0 Å². The predicted octanol–water partition coefficient (Wildman–Crippen LogP) is 1.02. The monoisotopic (exact) mass is 295 g/mol. The van der Waals surface area contributed by atoms with E-state index in [1.54, 1.807) is 0 Å². The van der Waals surface area contributed by atoms with Crippen molar-refractivity contribution in [2.75, 3.05) is 5.32 Å². The molecule has 0 saturated carbocycles. The van der Waals surface area contributed by atoms with Gasteiger partial charge in [0, 0.05) is 0 Å². The average Bonchev–Trinajstić information content (AvgIpc) is 2.82. The van der Waals surface area contributed by atoms with Crippen molar-refractivity contribution in [2.45, 2.75) is 13.1 Å². The Labute approximate surface area is 117 Å². The smallest absolute Gasteiger partial charge is 0.327 e. The predicted molar refractivity (Wildman–Crippen MR) is 68.0 cm³/mol. The van der Waals surface area contributed by atoms with E-state index < -0.39 is 22.4 Å². The second kappa shape index (κ2) is 5.94. The van der Waals surface area contributed by atoms with Gasteiger partial charge in [-0.2, -0.15) is 4.39 Å². The fraction of sp³-hybridized carbons (Fsp3) is 0.182. The van der Waals surface area contributed by atoms with Crippen LogP contribution in [0.1, 0.15) is 5.69 Å². The van der Waals surface area contributed by atoms with Crippen LogP contribution in [0.3, 0.4) is 0 Å². The van der Waals surface area contributed by atoms with Crippen LogP contribution in [0, 0.1) is 15.9 Å². The number of nitrogens with zero attached hydrogens (tertiary/aromatic N) is 4. The van der Waals surface area contributed by atoms with Crippen molar-refractivity contribution >= 4 is 17.3 Å². The van der Waals surface area contributed by atoms with Crippen LogP contribution in [0.5, 0.6) is 0 Å². The standard InChI is InChI=1S/C11H10FN5O4/c12-8-2-1-3-9(11(8)17(20)21)13-4-7-5-16(15-14-7)6-10(18)19/h1-3,5,13H,4,6H2,(H,18,19). The van der Waals surface area contributed by atoms with E-state index in [0.717, 1.165) is 10.7 Å². The quantitative estimate of drug-likeness (QED) is 0.602. The third-order valence-corrected chi connectivity index (χ3v) is 2.51. The lowest BCUT2D eigenvalue weighted by atomic mass is 10.2. The zero-order chi connectivity index (χ0) is 15.4. The first-order chi connectivity index (χ1) is 9.97. The van der Waals surface area contributed by atoms with Gasteiger partial charge >= 0.3 is 11.7 Å². The van der Waals surface area contributed by atoms with Crippen LogP contribution in [0.15, 0.2) is 24.4 Å². The molecule has 2 N–H and O–H groups in total. The van der Waals surface area contributed by atoms with Crippen LogP contribution in [0.2, 0.25) is 0 Å². The number of aliphatic carboxylic acids is 1. The van der Waals surface area contributed by atoms with Gasteiger partial charge in [-0.1, -0.05) is 11.3 Å². The van der Waals surface area contributed by atoms with Gasteiger partial charge in [0.05, 0.1) is 17.7 Å². The van der Waals surface area contributed by atoms with Gasteiger partial charge in [-0.25, -0.2) is 4.68 Å². The average molecular weight is 295 g/mol. The van der Waals surface area contributed by atoms with Crippen molar-refractivity contribution in [3.63, 3.8) is 0 Å². The highest BCUT2D eigenvalue weighted by atomic mass is 19.1. The Balaban J connectivity index is 2.10. The Morgan fingerprint density at radius 3 is 2.95 bits per heavy atom. The maximum Gasteiger partial charge on any atom is 0.327 e. The number of nitro groups is 1. The van der Waals surface area contributed by atoms with E-state index in [0.29, 0.717) is 5.69 Å². The fourth-order valence-corrected chi connectivity index (χ4v) is 1.66. The molecule has 0 atom stereocenters. The molecule has 1 aromatic heterocycles. The van der Waals surface area contributed by atoms with Crippen molar-refractivity contribution in [3.05, 3.63) is 46.0 Å². The molecule has 0 radical (unpaired) electrons. The van der Waals surface area contributed by atoms with Crippen LogP contribution >= 0.6 is 0 Å². The topological polar surface area (TPSA) is 123 Å². The summed E-state index contributed by atoms with van der Waals surface area (Å²) in [6, 6.07) is 3.70. The normalized spacial score (nSPS) is 10.3. The lowest BCUT2D eigenvalue weighted by Gasteiger charge is -2.05. The van der Waals surface area contributed by atoms with Crippen LogP contribution in [0.25, 0.3) is 0 Å². The summed E-state index contributed by atoms with van der Waals surface area (Å²) in [4.78, 5) is 20.5. The van der Waals surface area contributed by atoms with Gasteiger partial charge in [0.15, 0.2) is 0 Å². The van der Waals surface area contributed by atoms with Crippen LogP contribution in [-0.4, -0.2) is 31.0 Å². The zero-order valence-corrected chi connectivity index (χ0v) is 10.6. The van der Waals surface area contributed by atoms with E-state index in [9.17, 15) is 19.3 Å². The highest BCUT2D eigenvalue weighted by molar-refractivity contribution is 5.66. The SMILES string of the molecule is O=C(O)Cn1cc(CNc2cccc(F)c2[N+](=O)[O-])nn1. The summed E-state index contributed by atoms with van der Waals surface area (Å²) in [5, 5.41) is 29.4. The molecule has 21 heavy (non-hydrogen) atoms. The Hall–Kier alpha value is -3.04. The number of anilines is 1. The van der Waals surface area contributed by atoms with Gasteiger partial charge in [0.1, 0.15) is 17.9 Å². The first-order valence-electron chi connectivity index (χ1n) is 5.75. The lowest BCUT2D eigenvalue weighted by Crippen LogP contribution is -2.09. The molecular formula is C11H10FN5O4. The van der Waals surface area contributed by atoms with E-state index in [2.05, 4.69) is 15.6 Å². The Kier molecular flexibility index (Phi) is 4.07. The second-order valence-electron chi connectivity index (χ2n) is 4.05. The molecule has 110 valence electrons. The highest BCUT2D eigenvalue weighted by Crippen LogP contribution is 2.27. The molecule has 2 rings (SSSR count). The number of aromatic nitrogens is 3. The molecular weight excluding hydrogens is 285 g/mol. The first-order valence-corrected chi connectivity index (χ1v) is 5.75. The van der Waals surface area contributed by atoms with E-state index in [-0.39, 0.29) is 18.8 Å². The fourth-order valence-electron chi connectivity index (χ4n) is 1.66. The molecule has 10 heteroatoms. The van der Waals surface area contributed by atoms with E-state index >= 15 is 0 Å². The van der Waals surface area contributed by atoms with Gasteiger partial charge in [-0.05, 0) is 12.1 Å². The molecule has 0 aliphatic rings. The number of nitrogens with one attached hydrogen (secondary N) is 1. The van der Waals surface area contributed by atoms with Crippen LogP contribution in [0.4, 0.5) is 15.8 Å². The number of nitro benzene ring substituents is 1. The Morgan fingerprint density at radius 2 is 2.29 bits per heavy atom. The number of carbonyl (C=O) groups is 1. The van der Waals surface area contributed by atoms with Gasteiger partial charge in [0.25, 0.3) is 0 Å². The molecule has 0 saturated heterocycles. The molecule has 0 spiro atoms. The number of hydrogen-bond acceptors (Lipinski definition) is 6. The van der Waals surface area contributed by atoms with Crippen molar-refractivity contribution in [1.82, 2.24) is 15.0 Å². The van der Waals surface area contributed by atoms with Gasteiger partial charge in [-0.3, -0.25) is 14.9 Å². The molecule has 0 amide bonds. The Morgan fingerprint density at radius 1 is 1.52 bits per heavy atom. The van der Waals surface area contributed by atoms with E-state index in [4.69, 9.17) is 5.11 Å². The van der Waals surface area contributed by atoms with Crippen molar-refractivity contribution < 1.29 is 19.2 Å². The number of halogens is 1. The third kappa shape index (κ3) is 3.49. The van der Waals surface area contributed by atoms with Crippen molar-refractivity contribution in [2.24, 2.45) is 0 Å². The second-order valence-corrected chi connectivity index (χ2v) is 4.05. The molecule has 2 aromatic rings. The molecule has 0 unspecified atom stereocenters. The maximum atomic E-state index is 13.4. The molecule has 1 heterocycles. The minimum absolute atomic E-state index is 0.00721. The van der Waals surface area contributed by atoms with Crippen LogP contribution in [-0.2, 0) is 17.9 Å². The lowest BCUT2D eigenvalue weighted by molar-refractivity contribution is -0.386. The number of carboxylic acid groups (broad SMARTS) is 1. The number of hydrogen-bond donors (Lipinski definition) is 2. The summed E-state index contributed by atoms with van der Waals surface area (Å²) in [7, 11) is 0. The van der Waals surface area contributed by atoms with Gasteiger partial charge in [-0.15, -0.1) is 5.10 Å². The van der Waals surface area contributed by atoms with Gasteiger partial charge < -0.3 is 10.4 Å². The molecule has 0 aliphatic carbocycles. The highest BCUT2D eigenvalue weighted by Gasteiger charge is 2.19. The largest absolute Gasteiger partial charge is 0.480 e. The number of benzene rings is 1. The maximum absolute atomic E-state index is 13.4. The molecule has 0 aliphatic heterocycles. The summed E-state index contributed by atoms with van der Waals surface area (Å²) < 4.78 is 14.5. The molecule has 1 aromatic carbocycles. The minimum Gasteiger partial charge on any atom is -0.480 e. The summed E-state index contributed by atoms with van der Waals surface area (Å²) in [6.07, 6.45) is 1.38. The number of rotatable bonds is 6. The molecule has 0 bridgehead atoms. The Bertz CT molecular complexity index is 687. The van der Waals surface area contributed by atoms with E-state index in [1.807, 2.05) is 0 Å². The molecule has 0 fully saturated rings. The summed E-state index contributed by atoms with van der Waals surface area (Å²) in [6.45, 7) is -0.295. The zero-order valence-electron chi connectivity index (χ0n) is 10.6. The van der Waals surface area contributed by atoms with Crippen molar-refractivity contribution in [1.29, 1.82) is 0 Å². The number of para-hydroxylation sites is 1. The van der Waals surface area contributed by atoms with Gasteiger partial charge in [0.2, 0.25) is 5.82 Å². The summed E-state index contributed by atoms with van der Waals surface area (Å²) in [5.41, 5.74) is -0.280.